The zero-order chi connectivity index (χ0) is 29.2. The molecule has 4 rings (SSSR count). The minimum absolute atomic E-state index is 0.218. The molecule has 1 aliphatic rings. The SMILES string of the molecule is C[C@@H](NC(=O)OC(C)(C)C)c1cccc(-c2ccc3nc(N4CCN(C(=O)OC(C)(C)C)CC4)c(Cl)cc3c2)c1. The summed E-state index contributed by atoms with van der Waals surface area (Å²) < 4.78 is 10.9. The number of carbonyl (C=O) groups excluding carboxylic acids is 2. The number of pyridine rings is 1. The topological polar surface area (TPSA) is 84.0 Å². The Labute approximate surface area is 241 Å². The first-order valence-corrected chi connectivity index (χ1v) is 14.0. The van der Waals surface area contributed by atoms with Gasteiger partial charge in [-0.05, 0) is 89.4 Å². The van der Waals surface area contributed by atoms with Crippen molar-refractivity contribution in [1.29, 1.82) is 0 Å². The number of halogens is 1. The number of nitrogens with zero attached hydrogens (tertiary/aromatic N) is 3. The van der Waals surface area contributed by atoms with E-state index < -0.39 is 17.3 Å². The predicted molar refractivity (Wildman–Crippen MR) is 160 cm³/mol. The summed E-state index contributed by atoms with van der Waals surface area (Å²) in [6, 6.07) is 15.9. The quantitative estimate of drug-likeness (QED) is 0.359. The molecule has 0 bridgehead atoms. The van der Waals surface area contributed by atoms with E-state index in [1.165, 1.54) is 0 Å². The molecule has 0 unspecified atom stereocenters. The van der Waals surface area contributed by atoms with Crippen molar-refractivity contribution in [2.75, 3.05) is 31.1 Å². The highest BCUT2D eigenvalue weighted by Gasteiger charge is 2.27. The standard InChI is InChI=1S/C31H39ClN4O4/c1-20(33-28(37)39-30(2,3)4)21-9-8-10-22(17-21)23-11-12-26-24(18-23)19-25(32)27(34-26)35-13-15-36(16-14-35)29(38)40-31(5,6)7/h8-12,17-20H,13-16H2,1-7H3,(H,33,37)/t20-/m1/s1. The molecular formula is C31H39ClN4O4. The zero-order valence-electron chi connectivity index (χ0n) is 24.4. The smallest absolute Gasteiger partial charge is 0.410 e. The van der Waals surface area contributed by atoms with Crippen molar-refractivity contribution in [3.8, 4) is 11.1 Å². The summed E-state index contributed by atoms with van der Waals surface area (Å²) in [4.78, 5) is 33.4. The van der Waals surface area contributed by atoms with Gasteiger partial charge in [-0.1, -0.05) is 35.9 Å². The third-order valence-corrected chi connectivity index (χ3v) is 6.71. The number of benzene rings is 2. The van der Waals surface area contributed by atoms with Gasteiger partial charge in [-0.2, -0.15) is 0 Å². The largest absolute Gasteiger partial charge is 0.444 e. The highest BCUT2D eigenvalue weighted by molar-refractivity contribution is 6.33. The summed E-state index contributed by atoms with van der Waals surface area (Å²) in [6.45, 7) is 15.4. The molecule has 0 spiro atoms. The highest BCUT2D eigenvalue weighted by Crippen LogP contribution is 2.32. The Morgan fingerprint density at radius 2 is 1.55 bits per heavy atom. The normalized spacial score (nSPS) is 15.1. The Bertz CT molecular complexity index is 1390. The Kier molecular flexibility index (Phi) is 8.49. The van der Waals surface area contributed by atoms with Crippen molar-refractivity contribution in [1.82, 2.24) is 15.2 Å². The minimum atomic E-state index is -0.555. The molecule has 1 fully saturated rings. The molecule has 3 aromatic rings. The van der Waals surface area contributed by atoms with Crippen molar-refractivity contribution in [2.45, 2.75) is 65.7 Å². The maximum absolute atomic E-state index is 12.4. The lowest BCUT2D eigenvalue weighted by atomic mass is 9.99. The van der Waals surface area contributed by atoms with Crippen LogP contribution in [0.25, 0.3) is 22.0 Å². The van der Waals surface area contributed by atoms with Gasteiger partial charge in [-0.3, -0.25) is 0 Å². The third kappa shape index (κ3) is 7.56. The molecule has 2 heterocycles. The van der Waals surface area contributed by atoms with Crippen LogP contribution >= 0.6 is 11.6 Å². The molecule has 0 saturated carbocycles. The average molecular weight is 567 g/mol. The van der Waals surface area contributed by atoms with Gasteiger partial charge in [0.25, 0.3) is 0 Å². The molecule has 1 aromatic heterocycles. The summed E-state index contributed by atoms with van der Waals surface area (Å²) in [6.07, 6.45) is -0.741. The second-order valence-electron chi connectivity index (χ2n) is 12.1. The van der Waals surface area contributed by atoms with E-state index in [-0.39, 0.29) is 12.1 Å². The lowest BCUT2D eigenvalue weighted by Crippen LogP contribution is -2.50. The molecule has 214 valence electrons. The summed E-state index contributed by atoms with van der Waals surface area (Å²) in [5, 5.41) is 4.41. The molecule has 9 heteroatoms. The van der Waals surface area contributed by atoms with Crippen LogP contribution in [0.5, 0.6) is 0 Å². The van der Waals surface area contributed by atoms with E-state index in [1.807, 2.05) is 84.9 Å². The first-order chi connectivity index (χ1) is 18.7. The Hall–Kier alpha value is -3.52. The second kappa shape index (κ2) is 11.5. The maximum Gasteiger partial charge on any atom is 0.410 e. The van der Waals surface area contributed by atoms with Crippen molar-refractivity contribution in [3.05, 3.63) is 59.1 Å². The van der Waals surface area contributed by atoms with E-state index in [2.05, 4.69) is 22.3 Å². The van der Waals surface area contributed by atoms with E-state index in [9.17, 15) is 9.59 Å². The number of rotatable bonds is 4. The average Bonchev–Trinajstić information content (AvgIpc) is 2.86. The van der Waals surface area contributed by atoms with Crippen LogP contribution in [0.3, 0.4) is 0 Å². The van der Waals surface area contributed by atoms with Crippen LogP contribution in [-0.4, -0.2) is 59.5 Å². The fraction of sp³-hybridized carbons (Fsp3) is 0.452. The highest BCUT2D eigenvalue weighted by atomic mass is 35.5. The van der Waals surface area contributed by atoms with Crippen molar-refractivity contribution >= 4 is 40.5 Å². The lowest BCUT2D eigenvalue weighted by Gasteiger charge is -2.36. The minimum Gasteiger partial charge on any atom is -0.444 e. The van der Waals surface area contributed by atoms with Gasteiger partial charge >= 0.3 is 12.2 Å². The van der Waals surface area contributed by atoms with Crippen LogP contribution in [0.1, 0.15) is 60.1 Å². The van der Waals surface area contributed by atoms with E-state index in [0.29, 0.717) is 31.2 Å². The van der Waals surface area contributed by atoms with Crippen molar-refractivity contribution < 1.29 is 19.1 Å². The lowest BCUT2D eigenvalue weighted by molar-refractivity contribution is 0.0240. The van der Waals surface area contributed by atoms with Gasteiger partial charge < -0.3 is 24.6 Å². The van der Waals surface area contributed by atoms with Gasteiger partial charge in [0.2, 0.25) is 0 Å². The molecule has 0 aliphatic carbocycles. The molecule has 1 saturated heterocycles. The molecule has 1 aliphatic heterocycles. The Balaban J connectivity index is 1.48. The number of anilines is 1. The second-order valence-corrected chi connectivity index (χ2v) is 12.6. The number of piperazine rings is 1. The number of nitrogens with one attached hydrogen (secondary N) is 1. The van der Waals surface area contributed by atoms with E-state index in [0.717, 1.165) is 33.4 Å². The fourth-order valence-electron chi connectivity index (χ4n) is 4.52. The van der Waals surface area contributed by atoms with Crippen molar-refractivity contribution in [3.63, 3.8) is 0 Å². The predicted octanol–water partition coefficient (Wildman–Crippen LogP) is 7.20. The van der Waals surface area contributed by atoms with Gasteiger partial charge in [-0.15, -0.1) is 0 Å². The van der Waals surface area contributed by atoms with Crippen LogP contribution < -0.4 is 10.2 Å². The van der Waals surface area contributed by atoms with Crippen LogP contribution in [0, 0.1) is 0 Å². The molecule has 1 N–H and O–H groups in total. The summed E-state index contributed by atoms with van der Waals surface area (Å²) in [5.41, 5.74) is 2.79. The summed E-state index contributed by atoms with van der Waals surface area (Å²) >= 11 is 6.72. The van der Waals surface area contributed by atoms with Gasteiger partial charge in [0.05, 0.1) is 16.6 Å². The number of amides is 2. The summed E-state index contributed by atoms with van der Waals surface area (Å²) in [5.74, 6) is 0.717. The third-order valence-electron chi connectivity index (χ3n) is 6.43. The van der Waals surface area contributed by atoms with Crippen LogP contribution in [0.2, 0.25) is 5.02 Å². The first-order valence-electron chi connectivity index (χ1n) is 13.6. The van der Waals surface area contributed by atoms with Crippen LogP contribution in [0.15, 0.2) is 48.5 Å². The fourth-order valence-corrected chi connectivity index (χ4v) is 4.80. The Morgan fingerprint density at radius 3 is 2.20 bits per heavy atom. The van der Waals surface area contributed by atoms with Gasteiger partial charge in [0, 0.05) is 31.6 Å². The molecule has 1 atom stereocenters. The number of alkyl carbamates (subject to hydrolysis) is 1. The number of carbonyl (C=O) groups is 2. The number of hydrogen-bond acceptors (Lipinski definition) is 6. The Morgan fingerprint density at radius 1 is 0.900 bits per heavy atom. The van der Waals surface area contributed by atoms with Gasteiger partial charge in [-0.25, -0.2) is 14.6 Å². The number of aromatic nitrogens is 1. The molecule has 0 radical (unpaired) electrons. The molecular weight excluding hydrogens is 528 g/mol. The zero-order valence-corrected chi connectivity index (χ0v) is 25.1. The van der Waals surface area contributed by atoms with Crippen LogP contribution in [0.4, 0.5) is 15.4 Å². The molecule has 2 amide bonds. The van der Waals surface area contributed by atoms with Crippen molar-refractivity contribution in [2.24, 2.45) is 0 Å². The number of ether oxygens (including phenoxy) is 2. The van der Waals surface area contributed by atoms with E-state index in [4.69, 9.17) is 26.1 Å². The van der Waals surface area contributed by atoms with E-state index >= 15 is 0 Å². The molecule has 2 aromatic carbocycles. The number of fused-ring (bicyclic) bond motifs is 1. The summed E-state index contributed by atoms with van der Waals surface area (Å²) in [7, 11) is 0. The van der Waals surface area contributed by atoms with Crippen LogP contribution in [-0.2, 0) is 9.47 Å². The van der Waals surface area contributed by atoms with Gasteiger partial charge in [0.15, 0.2) is 0 Å². The maximum atomic E-state index is 12.4. The van der Waals surface area contributed by atoms with Gasteiger partial charge in [0.1, 0.15) is 17.0 Å². The molecule has 8 nitrogen and oxygen atoms in total. The first kappa shape index (κ1) is 29.5. The van der Waals surface area contributed by atoms with E-state index in [1.54, 1.807) is 4.90 Å². The number of hydrogen-bond donors (Lipinski definition) is 1. The monoisotopic (exact) mass is 566 g/mol. The molecule has 40 heavy (non-hydrogen) atoms.